The Morgan fingerprint density at radius 1 is 1.04 bits per heavy atom. The molecule has 0 bridgehead atoms. The van der Waals surface area contributed by atoms with Gasteiger partial charge in [0.1, 0.15) is 5.04 Å². The quantitative estimate of drug-likeness (QED) is 0.772. The van der Waals surface area contributed by atoms with Crippen LogP contribution in [0.1, 0.15) is 31.2 Å². The molecule has 27 heavy (non-hydrogen) atoms. The number of hydrogen-bond donors (Lipinski definition) is 1. The zero-order valence-corrected chi connectivity index (χ0v) is 16.4. The van der Waals surface area contributed by atoms with Gasteiger partial charge in [-0.05, 0) is 49.9 Å². The predicted molar refractivity (Wildman–Crippen MR) is 114 cm³/mol. The highest BCUT2D eigenvalue weighted by Crippen LogP contribution is 2.40. The summed E-state index contributed by atoms with van der Waals surface area (Å²) in [5, 5.41) is 4.41. The number of halogens is 1. The van der Waals surface area contributed by atoms with Crippen LogP contribution >= 0.6 is 23.4 Å². The molecule has 1 saturated carbocycles. The zero-order chi connectivity index (χ0) is 18.7. The molecule has 1 fully saturated rings. The molecular formula is C21H20ClN3OS. The highest BCUT2D eigenvalue weighted by atomic mass is 35.5. The Hall–Kier alpha value is -2.11. The number of carbonyl (C=O) groups is 1. The fraction of sp³-hybridized carbons (Fsp3) is 0.286. The summed E-state index contributed by atoms with van der Waals surface area (Å²) in [5.74, 6) is 0.230. The van der Waals surface area contributed by atoms with Crippen LogP contribution in [0.5, 0.6) is 0 Å². The zero-order valence-electron chi connectivity index (χ0n) is 14.8. The first-order valence-electron chi connectivity index (χ1n) is 9.07. The van der Waals surface area contributed by atoms with Crippen LogP contribution in [-0.2, 0) is 4.79 Å². The maximum Gasteiger partial charge on any atom is 0.234 e. The topological polar surface area (TPSA) is 53.8 Å². The number of carbonyl (C=O) groups excluding carboxylic acids is 1. The second-order valence-corrected chi connectivity index (χ2v) is 8.18. The van der Waals surface area contributed by atoms with E-state index < -0.39 is 0 Å². The van der Waals surface area contributed by atoms with Crippen molar-refractivity contribution in [3.8, 4) is 0 Å². The summed E-state index contributed by atoms with van der Waals surface area (Å²) >= 11 is 7.34. The molecule has 0 unspecified atom stereocenters. The lowest BCUT2D eigenvalue weighted by molar-refractivity contribution is -0.113. The van der Waals surface area contributed by atoms with E-state index in [0.29, 0.717) is 10.8 Å². The van der Waals surface area contributed by atoms with Crippen molar-refractivity contribution in [1.82, 2.24) is 0 Å². The molecule has 1 amide bonds. The summed E-state index contributed by atoms with van der Waals surface area (Å²) < 4.78 is 0. The standard InChI is InChI=1S/C21H20ClN3OS/c22-16-8-10-17(11-9-16)23-18(26)14-27-20-19(15-6-2-1-3-7-15)24-21(25-20)12-4-5-13-21/h1-3,6-11H,4-5,12-14H2,(H,23,26). The van der Waals surface area contributed by atoms with E-state index in [4.69, 9.17) is 21.6 Å². The van der Waals surface area contributed by atoms with Crippen LogP contribution in [0, 0.1) is 0 Å². The summed E-state index contributed by atoms with van der Waals surface area (Å²) in [4.78, 5) is 22.3. The molecule has 2 aromatic rings. The van der Waals surface area contributed by atoms with Crippen LogP contribution in [0.2, 0.25) is 5.02 Å². The molecular weight excluding hydrogens is 378 g/mol. The molecule has 6 heteroatoms. The van der Waals surface area contributed by atoms with Gasteiger partial charge in [-0.2, -0.15) is 0 Å². The molecule has 2 aliphatic rings. The molecule has 4 nitrogen and oxygen atoms in total. The van der Waals surface area contributed by atoms with E-state index in [-0.39, 0.29) is 11.6 Å². The van der Waals surface area contributed by atoms with Crippen molar-refractivity contribution in [3.63, 3.8) is 0 Å². The molecule has 1 aliphatic carbocycles. The summed E-state index contributed by atoms with van der Waals surface area (Å²) in [6, 6.07) is 17.2. The van der Waals surface area contributed by atoms with Gasteiger partial charge < -0.3 is 5.32 Å². The third kappa shape index (κ3) is 4.25. The number of hydrogen-bond acceptors (Lipinski definition) is 4. The second-order valence-electron chi connectivity index (χ2n) is 6.78. The number of aliphatic imine (C=N–C) groups is 2. The molecule has 138 valence electrons. The molecule has 0 radical (unpaired) electrons. The molecule has 1 heterocycles. The van der Waals surface area contributed by atoms with Gasteiger partial charge in [0.2, 0.25) is 5.91 Å². The number of nitrogens with one attached hydrogen (secondary N) is 1. The number of amides is 1. The molecule has 0 saturated heterocycles. The predicted octanol–water partition coefficient (Wildman–Crippen LogP) is 5.18. The summed E-state index contributed by atoms with van der Waals surface area (Å²) in [7, 11) is 0. The lowest BCUT2D eigenvalue weighted by atomic mass is 10.1. The van der Waals surface area contributed by atoms with Crippen molar-refractivity contribution in [2.75, 3.05) is 11.1 Å². The summed E-state index contributed by atoms with van der Waals surface area (Å²) in [6.45, 7) is 0. The van der Waals surface area contributed by atoms with E-state index in [1.165, 1.54) is 11.8 Å². The van der Waals surface area contributed by atoms with Gasteiger partial charge >= 0.3 is 0 Å². The third-order valence-electron chi connectivity index (χ3n) is 4.75. The van der Waals surface area contributed by atoms with Crippen molar-refractivity contribution in [2.24, 2.45) is 9.98 Å². The summed E-state index contributed by atoms with van der Waals surface area (Å²) in [5.41, 5.74) is 2.41. The first kappa shape index (κ1) is 18.3. The van der Waals surface area contributed by atoms with Crippen LogP contribution in [0.15, 0.2) is 64.6 Å². The number of thioether (sulfide) groups is 1. The van der Waals surface area contributed by atoms with E-state index >= 15 is 0 Å². The average molecular weight is 398 g/mol. The highest BCUT2D eigenvalue weighted by molar-refractivity contribution is 8.16. The van der Waals surface area contributed by atoms with Crippen LogP contribution in [0.3, 0.4) is 0 Å². The fourth-order valence-corrected chi connectivity index (χ4v) is 4.44. The minimum Gasteiger partial charge on any atom is -0.325 e. The van der Waals surface area contributed by atoms with Crippen LogP contribution in [-0.4, -0.2) is 28.1 Å². The Morgan fingerprint density at radius 2 is 1.74 bits per heavy atom. The minimum atomic E-state index is -0.305. The van der Waals surface area contributed by atoms with Gasteiger partial charge in [-0.15, -0.1) is 0 Å². The fourth-order valence-electron chi connectivity index (χ4n) is 3.44. The minimum absolute atomic E-state index is 0.0650. The molecule has 1 aliphatic heterocycles. The van der Waals surface area contributed by atoms with Crippen molar-refractivity contribution < 1.29 is 4.79 Å². The van der Waals surface area contributed by atoms with Gasteiger partial charge in [-0.1, -0.05) is 53.7 Å². The lowest BCUT2D eigenvalue weighted by Gasteiger charge is -2.14. The van der Waals surface area contributed by atoms with E-state index in [1.807, 2.05) is 18.2 Å². The van der Waals surface area contributed by atoms with Gasteiger partial charge in [-0.3, -0.25) is 9.79 Å². The average Bonchev–Trinajstić information content (AvgIpc) is 3.30. The van der Waals surface area contributed by atoms with E-state index in [1.54, 1.807) is 24.3 Å². The van der Waals surface area contributed by atoms with Gasteiger partial charge in [0.25, 0.3) is 0 Å². The van der Waals surface area contributed by atoms with Crippen LogP contribution in [0.25, 0.3) is 0 Å². The van der Waals surface area contributed by atoms with Gasteiger partial charge in [0.05, 0.1) is 11.5 Å². The molecule has 2 aromatic carbocycles. The largest absolute Gasteiger partial charge is 0.325 e. The maximum atomic E-state index is 12.4. The first-order valence-corrected chi connectivity index (χ1v) is 10.4. The lowest BCUT2D eigenvalue weighted by Crippen LogP contribution is -2.17. The van der Waals surface area contributed by atoms with Crippen molar-refractivity contribution in [1.29, 1.82) is 0 Å². The maximum absolute atomic E-state index is 12.4. The Bertz CT molecular complexity index is 887. The molecule has 1 N–H and O–H groups in total. The van der Waals surface area contributed by atoms with Crippen LogP contribution < -0.4 is 5.32 Å². The van der Waals surface area contributed by atoms with Crippen molar-refractivity contribution in [2.45, 2.75) is 31.3 Å². The highest BCUT2D eigenvalue weighted by Gasteiger charge is 2.39. The number of anilines is 1. The van der Waals surface area contributed by atoms with Gasteiger partial charge in [-0.25, -0.2) is 4.99 Å². The Kier molecular flexibility index (Phi) is 5.32. The van der Waals surface area contributed by atoms with Crippen molar-refractivity contribution in [3.05, 3.63) is 65.2 Å². The Labute approximate surface area is 168 Å². The SMILES string of the molecule is O=C(CSC1=NC2(CCCC2)N=C1c1ccccc1)Nc1ccc(Cl)cc1. The number of benzene rings is 2. The van der Waals surface area contributed by atoms with E-state index in [9.17, 15) is 4.79 Å². The monoisotopic (exact) mass is 397 g/mol. The third-order valence-corrected chi connectivity index (χ3v) is 5.97. The smallest absolute Gasteiger partial charge is 0.234 e. The molecule has 0 aromatic heterocycles. The van der Waals surface area contributed by atoms with Crippen molar-refractivity contribution >= 4 is 45.7 Å². The summed E-state index contributed by atoms with van der Waals surface area (Å²) in [6.07, 6.45) is 4.29. The molecule has 1 spiro atoms. The molecule has 0 atom stereocenters. The Morgan fingerprint density at radius 3 is 2.44 bits per heavy atom. The number of rotatable bonds is 4. The number of nitrogens with zero attached hydrogens (tertiary/aromatic N) is 2. The second kappa shape index (κ2) is 7.87. The van der Waals surface area contributed by atoms with Gasteiger partial charge in [0, 0.05) is 16.3 Å². The Balaban J connectivity index is 1.47. The van der Waals surface area contributed by atoms with E-state index in [2.05, 4.69) is 17.4 Å². The normalized spacial score (nSPS) is 17.7. The van der Waals surface area contributed by atoms with E-state index in [0.717, 1.165) is 47.7 Å². The van der Waals surface area contributed by atoms with Gasteiger partial charge in [0.15, 0.2) is 5.66 Å². The first-order chi connectivity index (χ1) is 13.1. The van der Waals surface area contributed by atoms with Crippen LogP contribution in [0.4, 0.5) is 5.69 Å². The molecule has 4 rings (SSSR count).